The van der Waals surface area contributed by atoms with Crippen LogP contribution in [-0.4, -0.2) is 57.9 Å². The number of fused-ring (bicyclic) bond motifs is 1. The lowest BCUT2D eigenvalue weighted by Crippen LogP contribution is -2.38. The molecule has 2 N–H and O–H groups in total. The van der Waals surface area contributed by atoms with Gasteiger partial charge in [0.15, 0.2) is 0 Å². The average molecular weight is 496 g/mol. The van der Waals surface area contributed by atoms with E-state index < -0.39 is 5.41 Å². The van der Waals surface area contributed by atoms with E-state index in [1.807, 2.05) is 13.8 Å². The van der Waals surface area contributed by atoms with E-state index in [4.69, 9.17) is 24.7 Å². The highest BCUT2D eigenvalue weighted by atomic mass is 32.1. The van der Waals surface area contributed by atoms with Crippen LogP contribution in [0.25, 0.3) is 11.5 Å². The molecule has 0 radical (unpaired) electrons. The van der Waals surface area contributed by atoms with Gasteiger partial charge in [0.1, 0.15) is 22.9 Å². The minimum absolute atomic E-state index is 0.0868. The Balaban J connectivity index is 1.47. The Morgan fingerprint density at radius 1 is 1.34 bits per heavy atom. The van der Waals surface area contributed by atoms with Gasteiger partial charge in [0.2, 0.25) is 17.6 Å². The number of thiophene rings is 1. The number of likely N-dealkylation sites (tertiary alicyclic amines) is 1. The van der Waals surface area contributed by atoms with Gasteiger partial charge in [-0.2, -0.15) is 20.2 Å². The first-order valence-corrected chi connectivity index (χ1v) is 12.6. The van der Waals surface area contributed by atoms with Crippen LogP contribution in [0.15, 0.2) is 10.6 Å². The standard InChI is InChI=1S/C24H29N7O3S/c1-13(16-7-6-10-31(16)3)33-23-27-15(11-18(28-23)32-4)21-29-22(34-30-21)24(2)9-5-8-17-19(24)14(12-25)20(26)35-17/h11,13,16H,5-10,26H2,1-4H3/t13-,16-,24?/m0/s1. The van der Waals surface area contributed by atoms with Gasteiger partial charge in [-0.1, -0.05) is 5.16 Å². The highest BCUT2D eigenvalue weighted by Gasteiger charge is 2.43. The molecule has 0 amide bonds. The summed E-state index contributed by atoms with van der Waals surface area (Å²) in [5.74, 6) is 1.10. The third-order valence-corrected chi connectivity index (χ3v) is 8.26. The van der Waals surface area contributed by atoms with E-state index in [2.05, 4.69) is 33.1 Å². The molecule has 11 heteroatoms. The Bertz CT molecular complexity index is 1280. The lowest BCUT2D eigenvalue weighted by Gasteiger charge is -2.30. The van der Waals surface area contributed by atoms with Gasteiger partial charge in [-0.25, -0.2) is 0 Å². The zero-order valence-corrected chi connectivity index (χ0v) is 21.2. The molecule has 1 aliphatic heterocycles. The predicted octanol–water partition coefficient (Wildman–Crippen LogP) is 3.55. The largest absolute Gasteiger partial charge is 0.481 e. The molecular weight excluding hydrogens is 466 g/mol. The number of hydrogen-bond acceptors (Lipinski definition) is 11. The van der Waals surface area contributed by atoms with Crippen molar-refractivity contribution in [1.29, 1.82) is 5.26 Å². The van der Waals surface area contributed by atoms with E-state index in [0.29, 0.717) is 39.9 Å². The summed E-state index contributed by atoms with van der Waals surface area (Å²) >= 11 is 1.47. The molecule has 5 rings (SSSR count). The fourth-order valence-electron chi connectivity index (χ4n) is 5.31. The summed E-state index contributed by atoms with van der Waals surface area (Å²) in [6.45, 7) is 5.12. The number of nitrogens with two attached hydrogens (primary N) is 1. The molecule has 184 valence electrons. The van der Waals surface area contributed by atoms with Crippen molar-refractivity contribution in [1.82, 2.24) is 25.0 Å². The van der Waals surface area contributed by atoms with E-state index in [1.54, 1.807) is 13.2 Å². The number of anilines is 1. The number of aryl methyl sites for hydroxylation is 1. The van der Waals surface area contributed by atoms with Crippen molar-refractivity contribution >= 4 is 16.3 Å². The third kappa shape index (κ3) is 4.10. The van der Waals surface area contributed by atoms with E-state index >= 15 is 0 Å². The summed E-state index contributed by atoms with van der Waals surface area (Å²) < 4.78 is 17.3. The number of nitrogen functional groups attached to an aromatic ring is 1. The van der Waals surface area contributed by atoms with Crippen molar-refractivity contribution in [2.24, 2.45) is 0 Å². The molecule has 4 heterocycles. The molecule has 1 unspecified atom stereocenters. The first-order valence-electron chi connectivity index (χ1n) is 11.8. The van der Waals surface area contributed by atoms with Crippen LogP contribution < -0.4 is 15.2 Å². The van der Waals surface area contributed by atoms with Crippen LogP contribution in [0.2, 0.25) is 0 Å². The summed E-state index contributed by atoms with van der Waals surface area (Å²) in [5, 5.41) is 14.5. The monoisotopic (exact) mass is 495 g/mol. The third-order valence-electron chi connectivity index (χ3n) is 7.18. The number of aromatic nitrogens is 4. The van der Waals surface area contributed by atoms with Crippen molar-refractivity contribution < 1.29 is 14.0 Å². The Morgan fingerprint density at radius 2 is 2.17 bits per heavy atom. The lowest BCUT2D eigenvalue weighted by molar-refractivity contribution is 0.111. The SMILES string of the molecule is COc1cc(-c2noc(C3(C)CCCc4sc(N)c(C#N)c43)n2)nc(O[C@@H](C)[C@@H]2CCCN2C)n1. The summed E-state index contributed by atoms with van der Waals surface area (Å²) in [7, 11) is 3.65. The van der Waals surface area contributed by atoms with Crippen molar-refractivity contribution in [2.45, 2.75) is 63.5 Å². The lowest BCUT2D eigenvalue weighted by atomic mass is 9.72. The molecule has 35 heavy (non-hydrogen) atoms. The van der Waals surface area contributed by atoms with Crippen LogP contribution in [0.4, 0.5) is 5.00 Å². The molecule has 1 saturated heterocycles. The van der Waals surface area contributed by atoms with Gasteiger partial charge in [-0.3, -0.25) is 4.90 Å². The number of nitrogens with zero attached hydrogens (tertiary/aromatic N) is 6. The number of hydrogen-bond donors (Lipinski definition) is 1. The topological polar surface area (TPSA) is 136 Å². The second-order valence-electron chi connectivity index (χ2n) is 9.45. The molecule has 3 atom stereocenters. The number of likely N-dealkylation sites (N-methyl/N-ethyl adjacent to an activating group) is 1. The quantitative estimate of drug-likeness (QED) is 0.540. The normalized spacial score (nSPS) is 23.0. The highest BCUT2D eigenvalue weighted by molar-refractivity contribution is 7.16. The molecular formula is C24H29N7O3S. The molecule has 0 bridgehead atoms. The summed E-state index contributed by atoms with van der Waals surface area (Å²) in [6, 6.07) is 4.44. The van der Waals surface area contributed by atoms with E-state index in [-0.39, 0.29) is 12.1 Å². The first kappa shape index (κ1) is 23.5. The van der Waals surface area contributed by atoms with E-state index in [0.717, 1.165) is 49.1 Å². The summed E-state index contributed by atoms with van der Waals surface area (Å²) in [4.78, 5) is 17.1. The maximum atomic E-state index is 9.74. The Labute approximate surface area is 208 Å². The number of nitriles is 1. The minimum atomic E-state index is -0.601. The maximum Gasteiger partial charge on any atom is 0.320 e. The van der Waals surface area contributed by atoms with Crippen molar-refractivity contribution in [3.8, 4) is 29.5 Å². The summed E-state index contributed by atoms with van der Waals surface area (Å²) in [5.41, 5.74) is 7.41. The molecule has 3 aromatic heterocycles. The van der Waals surface area contributed by atoms with Crippen LogP contribution in [0.1, 0.15) is 61.4 Å². The number of methoxy groups -OCH3 is 1. The molecule has 2 aliphatic rings. The van der Waals surface area contributed by atoms with Crippen LogP contribution in [0.3, 0.4) is 0 Å². The average Bonchev–Trinajstić information content (AvgIpc) is 3.57. The fourth-order valence-corrected chi connectivity index (χ4v) is 6.50. The molecule has 0 aromatic carbocycles. The van der Waals surface area contributed by atoms with Crippen LogP contribution in [0.5, 0.6) is 11.9 Å². The number of ether oxygens (including phenoxy) is 2. The highest BCUT2D eigenvalue weighted by Crippen LogP contribution is 2.48. The van der Waals surface area contributed by atoms with E-state index in [9.17, 15) is 5.26 Å². The second kappa shape index (κ2) is 9.09. The van der Waals surface area contributed by atoms with Gasteiger partial charge in [0.25, 0.3) is 0 Å². The maximum absolute atomic E-state index is 9.74. The fraction of sp³-hybridized carbons (Fsp3) is 0.542. The molecule has 1 aliphatic carbocycles. The van der Waals surface area contributed by atoms with Crippen LogP contribution in [0, 0.1) is 11.3 Å². The van der Waals surface area contributed by atoms with Crippen LogP contribution in [-0.2, 0) is 11.8 Å². The van der Waals surface area contributed by atoms with Crippen molar-refractivity contribution in [2.75, 3.05) is 26.4 Å². The van der Waals surface area contributed by atoms with Crippen LogP contribution >= 0.6 is 11.3 Å². The van der Waals surface area contributed by atoms with E-state index in [1.165, 1.54) is 11.3 Å². The zero-order chi connectivity index (χ0) is 24.7. The number of rotatable bonds is 6. The first-order chi connectivity index (χ1) is 16.8. The molecule has 0 saturated carbocycles. The van der Waals surface area contributed by atoms with Crippen molar-refractivity contribution in [3.05, 3.63) is 28.0 Å². The molecule has 3 aromatic rings. The second-order valence-corrected chi connectivity index (χ2v) is 10.6. The van der Waals surface area contributed by atoms with Gasteiger partial charge < -0.3 is 19.7 Å². The Hall–Kier alpha value is -3.23. The van der Waals surface area contributed by atoms with Gasteiger partial charge in [-0.15, -0.1) is 11.3 Å². The molecule has 1 fully saturated rings. The van der Waals surface area contributed by atoms with Gasteiger partial charge in [-0.05, 0) is 59.5 Å². The van der Waals surface area contributed by atoms with Gasteiger partial charge in [0.05, 0.1) is 18.1 Å². The summed E-state index contributed by atoms with van der Waals surface area (Å²) in [6.07, 6.45) is 4.74. The Kier molecular flexibility index (Phi) is 6.11. The Morgan fingerprint density at radius 3 is 2.89 bits per heavy atom. The molecule has 0 spiro atoms. The minimum Gasteiger partial charge on any atom is -0.481 e. The predicted molar refractivity (Wildman–Crippen MR) is 130 cm³/mol. The molecule has 10 nitrogen and oxygen atoms in total. The zero-order valence-electron chi connectivity index (χ0n) is 20.4. The van der Waals surface area contributed by atoms with Crippen molar-refractivity contribution in [3.63, 3.8) is 0 Å². The smallest absolute Gasteiger partial charge is 0.320 e. The van der Waals surface area contributed by atoms with Gasteiger partial charge in [0, 0.05) is 22.5 Å². The van der Waals surface area contributed by atoms with Gasteiger partial charge >= 0.3 is 6.01 Å².